The number of carbonyl (C=O) groups excluding carboxylic acids is 2. The molecule has 10 heteroatoms. The molecular weight excluding hydrogens is 518 g/mol. The third-order valence-electron chi connectivity index (χ3n) is 6.27. The summed E-state index contributed by atoms with van der Waals surface area (Å²) in [5.41, 5.74) is 2.37. The van der Waals surface area contributed by atoms with Crippen LogP contribution in [0.4, 0.5) is 10.5 Å². The van der Waals surface area contributed by atoms with Gasteiger partial charge in [0.1, 0.15) is 0 Å². The molecule has 0 unspecified atom stereocenters. The number of ether oxygens (including phenoxy) is 1. The van der Waals surface area contributed by atoms with E-state index in [1.807, 2.05) is 27.7 Å². The van der Waals surface area contributed by atoms with Crippen molar-refractivity contribution < 1.29 is 27.9 Å². The maximum Gasteiger partial charge on any atom is 0.337 e. The van der Waals surface area contributed by atoms with Crippen LogP contribution in [0.2, 0.25) is 0 Å². The van der Waals surface area contributed by atoms with E-state index >= 15 is 0 Å². The van der Waals surface area contributed by atoms with E-state index in [0.29, 0.717) is 39.1 Å². The van der Waals surface area contributed by atoms with Gasteiger partial charge in [0.15, 0.2) is 0 Å². The SMILES string of the molecule is COC(=O)c1cc(C(C)C)c(NC(=O)NS(=O)(=O)c2cc(-c3ccncc3)cc(C(C)(C)O)c2)c(C(C)C)c1. The molecule has 1 aromatic heterocycles. The number of hydrogen-bond donors (Lipinski definition) is 3. The van der Waals surface area contributed by atoms with Crippen LogP contribution in [0.1, 0.15) is 80.4 Å². The number of hydrogen-bond acceptors (Lipinski definition) is 7. The molecule has 208 valence electrons. The van der Waals surface area contributed by atoms with Crippen molar-refractivity contribution in [2.24, 2.45) is 0 Å². The lowest BCUT2D eigenvalue weighted by Crippen LogP contribution is -2.35. The van der Waals surface area contributed by atoms with Gasteiger partial charge in [-0.15, -0.1) is 0 Å². The Morgan fingerprint density at radius 1 is 0.923 bits per heavy atom. The van der Waals surface area contributed by atoms with Crippen molar-refractivity contribution in [1.29, 1.82) is 0 Å². The fourth-order valence-corrected chi connectivity index (χ4v) is 5.09. The molecule has 0 bridgehead atoms. The molecule has 3 rings (SSSR count). The Hall–Kier alpha value is -3.76. The summed E-state index contributed by atoms with van der Waals surface area (Å²) in [6.07, 6.45) is 3.16. The third kappa shape index (κ3) is 7.01. The molecule has 0 saturated heterocycles. The molecule has 0 saturated carbocycles. The van der Waals surface area contributed by atoms with Crippen molar-refractivity contribution in [2.75, 3.05) is 12.4 Å². The monoisotopic (exact) mass is 553 g/mol. The number of nitrogens with one attached hydrogen (secondary N) is 2. The molecule has 39 heavy (non-hydrogen) atoms. The molecule has 3 N–H and O–H groups in total. The third-order valence-corrected chi connectivity index (χ3v) is 7.58. The highest BCUT2D eigenvalue weighted by Crippen LogP contribution is 2.35. The Balaban J connectivity index is 2.02. The maximum atomic E-state index is 13.4. The number of carbonyl (C=O) groups is 2. The first-order valence-corrected chi connectivity index (χ1v) is 14.0. The summed E-state index contributed by atoms with van der Waals surface area (Å²) in [5, 5.41) is 13.3. The average molecular weight is 554 g/mol. The predicted molar refractivity (Wildman–Crippen MR) is 150 cm³/mol. The zero-order valence-corrected chi connectivity index (χ0v) is 24.0. The number of aliphatic hydroxyl groups is 1. The molecule has 0 radical (unpaired) electrons. The Morgan fingerprint density at radius 2 is 1.49 bits per heavy atom. The minimum atomic E-state index is -4.35. The molecule has 0 atom stereocenters. The quantitative estimate of drug-likeness (QED) is 0.313. The number of urea groups is 1. The second-order valence-corrected chi connectivity index (χ2v) is 12.1. The summed E-state index contributed by atoms with van der Waals surface area (Å²) in [6, 6.07) is 10.2. The fourth-order valence-electron chi connectivity index (χ4n) is 4.12. The Bertz CT molecular complexity index is 1450. The largest absolute Gasteiger partial charge is 0.465 e. The van der Waals surface area contributed by atoms with E-state index in [-0.39, 0.29) is 16.7 Å². The molecule has 9 nitrogen and oxygen atoms in total. The van der Waals surface area contributed by atoms with E-state index < -0.39 is 27.6 Å². The molecule has 0 aliphatic carbocycles. The number of benzene rings is 2. The van der Waals surface area contributed by atoms with E-state index in [1.165, 1.54) is 19.2 Å². The molecule has 1 heterocycles. The number of amides is 2. The summed E-state index contributed by atoms with van der Waals surface area (Å²) in [4.78, 5) is 29.2. The van der Waals surface area contributed by atoms with Gasteiger partial charge in [-0.25, -0.2) is 22.7 Å². The van der Waals surface area contributed by atoms with Gasteiger partial charge in [-0.1, -0.05) is 27.7 Å². The van der Waals surface area contributed by atoms with Crippen molar-refractivity contribution in [1.82, 2.24) is 9.71 Å². The van der Waals surface area contributed by atoms with Crippen LogP contribution in [0.5, 0.6) is 0 Å². The number of pyridine rings is 1. The van der Waals surface area contributed by atoms with Gasteiger partial charge >= 0.3 is 12.0 Å². The van der Waals surface area contributed by atoms with Crippen molar-refractivity contribution in [2.45, 2.75) is 63.9 Å². The van der Waals surface area contributed by atoms with Gasteiger partial charge in [-0.3, -0.25) is 4.98 Å². The van der Waals surface area contributed by atoms with Crippen LogP contribution in [0.3, 0.4) is 0 Å². The summed E-state index contributed by atoms with van der Waals surface area (Å²) in [7, 11) is -3.05. The van der Waals surface area contributed by atoms with Crippen molar-refractivity contribution in [3.8, 4) is 11.1 Å². The summed E-state index contributed by atoms with van der Waals surface area (Å²) in [5.74, 6) is -0.690. The van der Waals surface area contributed by atoms with Gasteiger partial charge in [0, 0.05) is 18.1 Å². The fraction of sp³-hybridized carbons (Fsp3) is 0.345. The van der Waals surface area contributed by atoms with E-state index in [4.69, 9.17) is 4.74 Å². The number of rotatable bonds is 8. The highest BCUT2D eigenvalue weighted by Gasteiger charge is 2.26. The minimum absolute atomic E-state index is 0.0922. The molecule has 3 aromatic rings. The number of esters is 1. The smallest absolute Gasteiger partial charge is 0.337 e. The van der Waals surface area contributed by atoms with E-state index in [0.717, 1.165) is 0 Å². The molecule has 2 aromatic carbocycles. The Kier molecular flexibility index (Phi) is 8.82. The molecule has 2 amide bonds. The lowest BCUT2D eigenvalue weighted by atomic mass is 9.90. The van der Waals surface area contributed by atoms with Gasteiger partial charge in [0.25, 0.3) is 10.0 Å². The van der Waals surface area contributed by atoms with E-state index in [9.17, 15) is 23.1 Å². The van der Waals surface area contributed by atoms with Crippen molar-refractivity contribution >= 4 is 27.7 Å². The number of anilines is 1. The number of nitrogens with zero attached hydrogens (tertiary/aromatic N) is 1. The van der Waals surface area contributed by atoms with Crippen molar-refractivity contribution in [3.63, 3.8) is 0 Å². The van der Waals surface area contributed by atoms with Gasteiger partial charge in [0.05, 0.1) is 23.2 Å². The predicted octanol–water partition coefficient (Wildman–Crippen LogP) is 5.52. The van der Waals surface area contributed by atoms with Crippen molar-refractivity contribution in [3.05, 3.63) is 77.1 Å². The summed E-state index contributed by atoms with van der Waals surface area (Å²) in [6.45, 7) is 10.7. The van der Waals surface area contributed by atoms with Crippen LogP contribution < -0.4 is 10.0 Å². The van der Waals surface area contributed by atoms with Crippen LogP contribution in [-0.2, 0) is 20.4 Å². The molecule has 0 aliphatic heterocycles. The van der Waals surface area contributed by atoms with Crippen LogP contribution >= 0.6 is 0 Å². The second kappa shape index (κ2) is 11.5. The molecule has 0 fully saturated rings. The van der Waals surface area contributed by atoms with Crippen LogP contribution in [-0.4, -0.2) is 37.6 Å². The maximum absolute atomic E-state index is 13.4. The standard InChI is InChI=1S/C29H35N3O6S/c1-17(2)24-14-21(27(33)38-7)15-25(18(3)4)26(24)31-28(34)32-39(36,37)23-13-20(19-8-10-30-11-9-19)12-22(16-23)29(5,6)35/h8-18,35H,1-7H3,(H2,31,32,34). The van der Waals surface area contributed by atoms with Crippen LogP contribution in [0.15, 0.2) is 59.8 Å². The first kappa shape index (κ1) is 29.8. The zero-order chi connectivity index (χ0) is 29.1. The second-order valence-electron chi connectivity index (χ2n) is 10.4. The lowest BCUT2D eigenvalue weighted by molar-refractivity contribution is 0.0600. The first-order valence-electron chi connectivity index (χ1n) is 12.5. The van der Waals surface area contributed by atoms with E-state index in [2.05, 4.69) is 15.0 Å². The number of aromatic nitrogens is 1. The number of methoxy groups -OCH3 is 1. The summed E-state index contributed by atoms with van der Waals surface area (Å²) >= 11 is 0. The minimum Gasteiger partial charge on any atom is -0.465 e. The zero-order valence-electron chi connectivity index (χ0n) is 23.2. The highest BCUT2D eigenvalue weighted by molar-refractivity contribution is 7.90. The van der Waals surface area contributed by atoms with Crippen LogP contribution in [0.25, 0.3) is 11.1 Å². The topological polar surface area (TPSA) is 135 Å². The van der Waals surface area contributed by atoms with E-state index in [1.54, 1.807) is 56.6 Å². The average Bonchev–Trinajstić information content (AvgIpc) is 2.87. The molecule has 0 aliphatic rings. The van der Waals surface area contributed by atoms with Crippen LogP contribution in [0, 0.1) is 0 Å². The Morgan fingerprint density at radius 3 is 1.97 bits per heavy atom. The van der Waals surface area contributed by atoms with Gasteiger partial charge < -0.3 is 15.2 Å². The molecule has 0 spiro atoms. The highest BCUT2D eigenvalue weighted by atomic mass is 32.2. The summed E-state index contributed by atoms with van der Waals surface area (Å²) < 4.78 is 33.7. The Labute approximate surface area is 229 Å². The first-order chi connectivity index (χ1) is 18.1. The molecular formula is C29H35N3O6S. The normalized spacial score (nSPS) is 11.9. The number of sulfonamides is 1. The lowest BCUT2D eigenvalue weighted by Gasteiger charge is -2.22. The van der Waals surface area contributed by atoms with Gasteiger partial charge in [-0.05, 0) is 96.0 Å². The van der Waals surface area contributed by atoms with Gasteiger partial charge in [0.2, 0.25) is 0 Å². The van der Waals surface area contributed by atoms with Gasteiger partial charge in [-0.2, -0.15) is 0 Å².